The van der Waals surface area contributed by atoms with Crippen LogP contribution in [0.4, 0.5) is 17.8 Å². The second kappa shape index (κ2) is 11.8. The Morgan fingerprint density at radius 1 is 1.04 bits per heavy atom. The molecule has 1 rings (SSSR count). The van der Waals surface area contributed by atoms with Gasteiger partial charge in [-0.25, -0.2) is 0 Å². The molecule has 9 nitrogen and oxygen atoms in total. The summed E-state index contributed by atoms with van der Waals surface area (Å²) < 4.78 is 11.2. The van der Waals surface area contributed by atoms with Gasteiger partial charge in [0, 0.05) is 13.2 Å². The zero-order valence-corrected chi connectivity index (χ0v) is 14.0. The number of anilines is 3. The van der Waals surface area contributed by atoms with Crippen molar-refractivity contribution in [1.82, 2.24) is 15.0 Å². The lowest BCUT2D eigenvalue weighted by Crippen LogP contribution is -2.31. The zero-order valence-electron chi connectivity index (χ0n) is 14.0. The molecule has 0 amide bonds. The fraction of sp³-hybridized carbons (Fsp3) is 0.786. The molecule has 0 unspecified atom stereocenters. The maximum Gasteiger partial charge on any atom is 0.235 e. The molecule has 4 N–H and O–H groups in total. The highest BCUT2D eigenvalue weighted by molar-refractivity contribution is 5.41. The van der Waals surface area contributed by atoms with Gasteiger partial charge in [-0.2, -0.15) is 15.0 Å². The van der Waals surface area contributed by atoms with Gasteiger partial charge < -0.3 is 25.6 Å². The molecular weight excluding hydrogens is 300 g/mol. The van der Waals surface area contributed by atoms with Crippen LogP contribution >= 0.6 is 0 Å². The van der Waals surface area contributed by atoms with Crippen LogP contribution in [0.2, 0.25) is 0 Å². The van der Waals surface area contributed by atoms with Crippen LogP contribution in [0.25, 0.3) is 0 Å². The molecular formula is C14H28N6O3. The van der Waals surface area contributed by atoms with E-state index in [9.17, 15) is 0 Å². The number of rotatable bonds is 13. The van der Waals surface area contributed by atoms with Crippen LogP contribution in [0.1, 0.15) is 39.5 Å². The molecule has 132 valence electrons. The number of unbranched alkanes of at least 4 members (excludes halogenated alkanes) is 2. The summed E-state index contributed by atoms with van der Waals surface area (Å²) in [6.45, 7) is 5.84. The number of nitrogens with one attached hydrogen (secondary N) is 1. The standard InChI is InChI=1S/C14H28N6O3/c1-3-5-7-22-10-20(11-23-8-6-4-2)14-18-12(15)17-13(19-14)16-9-21/h21H,3-11H2,1-2H3,(H3,15,16,17,18,19). The van der Waals surface area contributed by atoms with E-state index in [0.717, 1.165) is 25.7 Å². The molecule has 23 heavy (non-hydrogen) atoms. The van der Waals surface area contributed by atoms with Gasteiger partial charge in [-0.15, -0.1) is 0 Å². The Kier molecular flexibility index (Phi) is 9.92. The first-order valence-electron chi connectivity index (χ1n) is 7.98. The van der Waals surface area contributed by atoms with Gasteiger partial charge in [-0.3, -0.25) is 4.90 Å². The van der Waals surface area contributed by atoms with E-state index in [0.29, 0.717) is 32.6 Å². The number of aliphatic hydroxyl groups is 1. The van der Waals surface area contributed by atoms with E-state index >= 15 is 0 Å². The van der Waals surface area contributed by atoms with Crippen LogP contribution in [-0.2, 0) is 9.47 Å². The number of ether oxygens (including phenoxy) is 2. The summed E-state index contributed by atoms with van der Waals surface area (Å²) in [6.07, 6.45) is 4.11. The van der Waals surface area contributed by atoms with E-state index in [2.05, 4.69) is 34.1 Å². The first kappa shape index (κ1) is 19.3. The van der Waals surface area contributed by atoms with E-state index in [1.165, 1.54) is 0 Å². The third kappa shape index (κ3) is 7.91. The number of hydrogen-bond donors (Lipinski definition) is 3. The summed E-state index contributed by atoms with van der Waals surface area (Å²) in [5.74, 6) is 0.627. The molecule has 1 heterocycles. The molecule has 0 saturated heterocycles. The normalized spacial score (nSPS) is 10.7. The van der Waals surface area contributed by atoms with Gasteiger partial charge in [0.25, 0.3) is 0 Å². The maximum atomic E-state index is 8.93. The molecule has 0 aliphatic heterocycles. The molecule has 0 saturated carbocycles. The highest BCUT2D eigenvalue weighted by Gasteiger charge is 2.13. The monoisotopic (exact) mass is 328 g/mol. The lowest BCUT2D eigenvalue weighted by molar-refractivity contribution is 0.0812. The average molecular weight is 328 g/mol. The number of aliphatic hydroxyl groups excluding tert-OH is 1. The van der Waals surface area contributed by atoms with Crippen molar-refractivity contribution in [3.63, 3.8) is 0 Å². The van der Waals surface area contributed by atoms with Gasteiger partial charge in [0.2, 0.25) is 17.8 Å². The van der Waals surface area contributed by atoms with Crippen molar-refractivity contribution >= 4 is 17.8 Å². The van der Waals surface area contributed by atoms with Crippen LogP contribution in [0.15, 0.2) is 0 Å². The third-order valence-electron chi connectivity index (χ3n) is 2.94. The molecule has 0 radical (unpaired) electrons. The predicted molar refractivity (Wildman–Crippen MR) is 88.9 cm³/mol. The largest absolute Gasteiger partial charge is 0.376 e. The topological polar surface area (TPSA) is 119 Å². The number of nitrogens with zero attached hydrogens (tertiary/aromatic N) is 4. The fourth-order valence-corrected chi connectivity index (χ4v) is 1.67. The first-order valence-corrected chi connectivity index (χ1v) is 7.98. The minimum atomic E-state index is -0.289. The van der Waals surface area contributed by atoms with Crippen molar-refractivity contribution in [1.29, 1.82) is 0 Å². The lowest BCUT2D eigenvalue weighted by Gasteiger charge is -2.22. The van der Waals surface area contributed by atoms with Gasteiger partial charge >= 0.3 is 0 Å². The Bertz CT molecular complexity index is 423. The van der Waals surface area contributed by atoms with E-state index in [-0.39, 0.29) is 18.6 Å². The van der Waals surface area contributed by atoms with Crippen LogP contribution in [0.3, 0.4) is 0 Å². The summed E-state index contributed by atoms with van der Waals surface area (Å²) in [4.78, 5) is 14.0. The Hall–Kier alpha value is -1.71. The Morgan fingerprint density at radius 2 is 1.65 bits per heavy atom. The lowest BCUT2D eigenvalue weighted by atomic mass is 10.4. The predicted octanol–water partition coefficient (Wildman–Crippen LogP) is 1.17. The number of nitrogen functional groups attached to an aromatic ring is 1. The number of aromatic nitrogens is 3. The zero-order chi connectivity index (χ0) is 16.9. The molecule has 1 aromatic heterocycles. The van der Waals surface area contributed by atoms with E-state index in [4.69, 9.17) is 20.3 Å². The number of hydrogen-bond acceptors (Lipinski definition) is 9. The van der Waals surface area contributed by atoms with Gasteiger partial charge in [-0.1, -0.05) is 26.7 Å². The van der Waals surface area contributed by atoms with Crippen LogP contribution < -0.4 is 16.0 Å². The van der Waals surface area contributed by atoms with Crippen molar-refractivity contribution < 1.29 is 14.6 Å². The molecule has 0 aliphatic rings. The fourth-order valence-electron chi connectivity index (χ4n) is 1.67. The van der Waals surface area contributed by atoms with Gasteiger partial charge in [0.15, 0.2) is 0 Å². The van der Waals surface area contributed by atoms with Crippen molar-refractivity contribution in [3.8, 4) is 0 Å². The second-order valence-electron chi connectivity index (χ2n) is 4.97. The van der Waals surface area contributed by atoms with Crippen molar-refractivity contribution in [2.75, 3.05) is 49.4 Å². The van der Waals surface area contributed by atoms with Crippen molar-refractivity contribution in [2.24, 2.45) is 0 Å². The molecule has 0 aliphatic carbocycles. The molecule has 1 aromatic rings. The van der Waals surface area contributed by atoms with Crippen molar-refractivity contribution in [2.45, 2.75) is 39.5 Å². The number of nitrogens with two attached hydrogens (primary N) is 1. The van der Waals surface area contributed by atoms with Crippen LogP contribution in [-0.4, -0.2) is 53.5 Å². The van der Waals surface area contributed by atoms with E-state index in [1.807, 2.05) is 0 Å². The van der Waals surface area contributed by atoms with Crippen LogP contribution in [0, 0.1) is 0 Å². The molecule has 9 heteroatoms. The minimum absolute atomic E-state index is 0.0677. The summed E-state index contributed by atoms with van der Waals surface area (Å²) >= 11 is 0. The summed E-state index contributed by atoms with van der Waals surface area (Å²) in [6, 6.07) is 0. The summed E-state index contributed by atoms with van der Waals surface area (Å²) in [7, 11) is 0. The highest BCUT2D eigenvalue weighted by atomic mass is 16.5. The quantitative estimate of drug-likeness (QED) is 0.362. The molecule has 0 bridgehead atoms. The highest BCUT2D eigenvalue weighted by Crippen LogP contribution is 2.12. The first-order chi connectivity index (χ1) is 11.2. The van der Waals surface area contributed by atoms with E-state index < -0.39 is 0 Å². The van der Waals surface area contributed by atoms with E-state index in [1.54, 1.807) is 4.90 Å². The summed E-state index contributed by atoms with van der Waals surface area (Å²) in [5.41, 5.74) is 5.69. The van der Waals surface area contributed by atoms with Gasteiger partial charge in [0.1, 0.15) is 20.2 Å². The Morgan fingerprint density at radius 3 is 2.17 bits per heavy atom. The smallest absolute Gasteiger partial charge is 0.235 e. The molecule has 0 spiro atoms. The molecule has 0 aromatic carbocycles. The van der Waals surface area contributed by atoms with Gasteiger partial charge in [-0.05, 0) is 12.8 Å². The molecule has 0 fully saturated rings. The third-order valence-corrected chi connectivity index (χ3v) is 2.94. The van der Waals surface area contributed by atoms with Crippen LogP contribution in [0.5, 0.6) is 0 Å². The SMILES string of the molecule is CCCCOCN(COCCCC)c1nc(N)nc(NCO)n1. The average Bonchev–Trinajstić information content (AvgIpc) is 2.53. The molecule has 0 atom stereocenters. The Labute approximate surface area is 137 Å². The Balaban J connectivity index is 2.71. The second-order valence-corrected chi connectivity index (χ2v) is 4.97. The maximum absolute atomic E-state index is 8.93. The summed E-state index contributed by atoms with van der Waals surface area (Å²) in [5, 5.41) is 11.5. The minimum Gasteiger partial charge on any atom is -0.376 e. The van der Waals surface area contributed by atoms with Crippen molar-refractivity contribution in [3.05, 3.63) is 0 Å². The van der Waals surface area contributed by atoms with Gasteiger partial charge in [0.05, 0.1) is 0 Å².